The number of nitrogens with one attached hydrogen (secondary N) is 1. The number of rotatable bonds is 3. The van der Waals surface area contributed by atoms with Crippen molar-refractivity contribution in [3.63, 3.8) is 0 Å². The van der Waals surface area contributed by atoms with Crippen molar-refractivity contribution in [2.45, 2.75) is 6.92 Å². The number of hydrogen-bond acceptors (Lipinski definition) is 5. The molecule has 0 aromatic heterocycles. The molecule has 0 atom stereocenters. The molecular weight excluding hydrogens is 224 g/mol. The molecule has 1 amide bonds. The Morgan fingerprint density at radius 2 is 1.94 bits per heavy atom. The van der Waals surface area contributed by atoms with Crippen LogP contribution >= 0.6 is 0 Å². The van der Waals surface area contributed by atoms with Gasteiger partial charge in [0.2, 0.25) is 5.91 Å². The summed E-state index contributed by atoms with van der Waals surface area (Å²) in [6, 6.07) is 2.87. The standard InChI is InChI=1S/C11H14N2O4/c1-6(14)13-9-4-7(11(15)17-3)8(12)5-10(9)16-2/h4-5H,12H2,1-3H3,(H,13,14). The summed E-state index contributed by atoms with van der Waals surface area (Å²) < 4.78 is 9.63. The first kappa shape index (κ1) is 12.8. The third-order valence-corrected chi connectivity index (χ3v) is 2.09. The molecule has 17 heavy (non-hydrogen) atoms. The molecule has 0 saturated carbocycles. The number of benzene rings is 1. The maximum Gasteiger partial charge on any atom is 0.340 e. The molecule has 6 nitrogen and oxygen atoms in total. The largest absolute Gasteiger partial charge is 0.494 e. The zero-order valence-corrected chi connectivity index (χ0v) is 9.87. The summed E-state index contributed by atoms with van der Waals surface area (Å²) in [7, 11) is 2.70. The number of nitrogens with two attached hydrogens (primary N) is 1. The van der Waals surface area contributed by atoms with E-state index in [-0.39, 0.29) is 17.2 Å². The average Bonchev–Trinajstić information content (AvgIpc) is 2.29. The molecule has 0 aliphatic heterocycles. The molecule has 0 aliphatic carbocycles. The molecule has 6 heteroatoms. The fourth-order valence-electron chi connectivity index (χ4n) is 1.34. The maximum absolute atomic E-state index is 11.4. The number of carbonyl (C=O) groups is 2. The highest BCUT2D eigenvalue weighted by molar-refractivity contribution is 5.99. The second kappa shape index (κ2) is 5.20. The molecule has 0 aliphatic rings. The lowest BCUT2D eigenvalue weighted by Crippen LogP contribution is -2.11. The first-order valence-corrected chi connectivity index (χ1v) is 4.83. The van der Waals surface area contributed by atoms with Crippen LogP contribution in [-0.4, -0.2) is 26.1 Å². The van der Waals surface area contributed by atoms with Crippen molar-refractivity contribution in [1.82, 2.24) is 0 Å². The second-order valence-corrected chi connectivity index (χ2v) is 3.31. The minimum atomic E-state index is -0.572. The van der Waals surface area contributed by atoms with Crippen molar-refractivity contribution in [2.24, 2.45) is 0 Å². The van der Waals surface area contributed by atoms with E-state index in [1.807, 2.05) is 0 Å². The third-order valence-electron chi connectivity index (χ3n) is 2.09. The number of anilines is 2. The van der Waals surface area contributed by atoms with Gasteiger partial charge in [-0.05, 0) is 6.07 Å². The van der Waals surface area contributed by atoms with Crippen molar-refractivity contribution in [2.75, 3.05) is 25.3 Å². The first-order chi connectivity index (χ1) is 7.99. The van der Waals surface area contributed by atoms with Gasteiger partial charge in [0.25, 0.3) is 0 Å². The van der Waals surface area contributed by atoms with Crippen LogP contribution in [0.15, 0.2) is 12.1 Å². The van der Waals surface area contributed by atoms with Crippen molar-refractivity contribution in [3.05, 3.63) is 17.7 Å². The number of carbonyl (C=O) groups excluding carboxylic acids is 2. The lowest BCUT2D eigenvalue weighted by atomic mass is 10.1. The predicted molar refractivity (Wildman–Crippen MR) is 63.0 cm³/mol. The van der Waals surface area contributed by atoms with Crippen molar-refractivity contribution in [1.29, 1.82) is 0 Å². The van der Waals surface area contributed by atoms with E-state index in [0.717, 1.165) is 0 Å². The lowest BCUT2D eigenvalue weighted by molar-refractivity contribution is -0.114. The van der Waals surface area contributed by atoms with Crippen LogP contribution in [0.4, 0.5) is 11.4 Å². The van der Waals surface area contributed by atoms with Gasteiger partial charge < -0.3 is 20.5 Å². The Labute approximate surface area is 98.7 Å². The quantitative estimate of drug-likeness (QED) is 0.606. The van der Waals surface area contributed by atoms with Gasteiger partial charge in [-0.1, -0.05) is 0 Å². The van der Waals surface area contributed by atoms with E-state index in [1.54, 1.807) is 0 Å². The molecule has 0 saturated heterocycles. The minimum Gasteiger partial charge on any atom is -0.494 e. The molecule has 0 fully saturated rings. The van der Waals surface area contributed by atoms with Crippen LogP contribution < -0.4 is 15.8 Å². The second-order valence-electron chi connectivity index (χ2n) is 3.31. The molecule has 0 heterocycles. The number of nitrogen functional groups attached to an aromatic ring is 1. The maximum atomic E-state index is 11.4. The Balaban J connectivity index is 3.26. The number of amides is 1. The average molecular weight is 238 g/mol. The van der Waals surface area contributed by atoms with Crippen LogP contribution in [0.25, 0.3) is 0 Å². The van der Waals surface area contributed by atoms with Crippen molar-refractivity contribution >= 4 is 23.3 Å². The zero-order valence-electron chi connectivity index (χ0n) is 9.87. The lowest BCUT2D eigenvalue weighted by Gasteiger charge is -2.12. The van der Waals surface area contributed by atoms with Gasteiger partial charge in [0.05, 0.1) is 25.5 Å². The molecule has 1 aromatic rings. The van der Waals surface area contributed by atoms with Crippen molar-refractivity contribution in [3.8, 4) is 5.75 Å². The molecule has 92 valence electrons. The van der Waals surface area contributed by atoms with Crippen molar-refractivity contribution < 1.29 is 19.1 Å². The van der Waals surface area contributed by atoms with Gasteiger partial charge in [0, 0.05) is 18.7 Å². The van der Waals surface area contributed by atoms with Gasteiger partial charge in [-0.15, -0.1) is 0 Å². The van der Waals surface area contributed by atoms with Crippen LogP contribution in [0.2, 0.25) is 0 Å². The highest BCUT2D eigenvalue weighted by Gasteiger charge is 2.15. The van der Waals surface area contributed by atoms with Crippen LogP contribution in [0.1, 0.15) is 17.3 Å². The summed E-state index contributed by atoms with van der Waals surface area (Å²) in [6.45, 7) is 1.35. The zero-order chi connectivity index (χ0) is 13.0. The molecule has 0 spiro atoms. The Morgan fingerprint density at radius 3 is 2.41 bits per heavy atom. The predicted octanol–water partition coefficient (Wildman–Crippen LogP) is 1.02. The topological polar surface area (TPSA) is 90.6 Å². The summed E-state index contributed by atoms with van der Waals surface area (Å²) in [6.07, 6.45) is 0. The Morgan fingerprint density at radius 1 is 1.29 bits per heavy atom. The van der Waals surface area contributed by atoms with E-state index < -0.39 is 5.97 Å². The van der Waals surface area contributed by atoms with Gasteiger partial charge in [0.1, 0.15) is 5.75 Å². The molecule has 0 radical (unpaired) electrons. The fraction of sp³-hybridized carbons (Fsp3) is 0.273. The van der Waals surface area contributed by atoms with E-state index in [0.29, 0.717) is 11.4 Å². The smallest absolute Gasteiger partial charge is 0.340 e. The SMILES string of the molecule is COC(=O)c1cc(NC(C)=O)c(OC)cc1N. The summed E-state index contributed by atoms with van der Waals surface area (Å²) in [5.41, 5.74) is 6.45. The molecule has 0 bridgehead atoms. The van der Waals surface area contributed by atoms with Gasteiger partial charge in [-0.2, -0.15) is 0 Å². The summed E-state index contributed by atoms with van der Waals surface area (Å²) in [4.78, 5) is 22.4. The first-order valence-electron chi connectivity index (χ1n) is 4.83. The highest BCUT2D eigenvalue weighted by Crippen LogP contribution is 2.30. The number of ether oxygens (including phenoxy) is 2. The summed E-state index contributed by atoms with van der Waals surface area (Å²) >= 11 is 0. The summed E-state index contributed by atoms with van der Waals surface area (Å²) in [5.74, 6) is -0.467. The molecule has 0 unspecified atom stereocenters. The van der Waals surface area contributed by atoms with Crippen LogP contribution in [0.5, 0.6) is 5.75 Å². The summed E-state index contributed by atoms with van der Waals surface area (Å²) in [5, 5.41) is 2.54. The molecule has 1 aromatic carbocycles. The monoisotopic (exact) mass is 238 g/mol. The van der Waals surface area contributed by atoms with E-state index in [9.17, 15) is 9.59 Å². The number of hydrogen-bond donors (Lipinski definition) is 2. The fourth-order valence-corrected chi connectivity index (χ4v) is 1.34. The number of methoxy groups -OCH3 is 2. The van der Waals surface area contributed by atoms with E-state index in [2.05, 4.69) is 10.1 Å². The molecular formula is C11H14N2O4. The Bertz CT molecular complexity index is 457. The van der Waals surface area contributed by atoms with Gasteiger partial charge in [-0.25, -0.2) is 4.79 Å². The normalized spacial score (nSPS) is 9.59. The van der Waals surface area contributed by atoms with Gasteiger partial charge in [0.15, 0.2) is 0 Å². The van der Waals surface area contributed by atoms with Gasteiger partial charge >= 0.3 is 5.97 Å². The van der Waals surface area contributed by atoms with Crippen LogP contribution in [0.3, 0.4) is 0 Å². The Hall–Kier alpha value is -2.24. The van der Waals surface area contributed by atoms with Crippen LogP contribution in [-0.2, 0) is 9.53 Å². The Kier molecular flexibility index (Phi) is 3.92. The number of esters is 1. The third kappa shape index (κ3) is 2.87. The van der Waals surface area contributed by atoms with E-state index in [1.165, 1.54) is 33.3 Å². The van der Waals surface area contributed by atoms with E-state index >= 15 is 0 Å². The highest BCUT2D eigenvalue weighted by atomic mass is 16.5. The molecule has 3 N–H and O–H groups in total. The minimum absolute atomic E-state index is 0.178. The van der Waals surface area contributed by atoms with Crippen LogP contribution in [0, 0.1) is 0 Å². The molecule has 1 rings (SSSR count). The van der Waals surface area contributed by atoms with Gasteiger partial charge in [-0.3, -0.25) is 4.79 Å². The van der Waals surface area contributed by atoms with E-state index in [4.69, 9.17) is 10.5 Å².